The average molecular weight is 341 g/mol. The highest BCUT2D eigenvalue weighted by atomic mass is 79.9. The van der Waals surface area contributed by atoms with Crippen LogP contribution in [0.4, 0.5) is 0 Å². The third-order valence-corrected chi connectivity index (χ3v) is 4.02. The van der Waals surface area contributed by atoms with Gasteiger partial charge in [-0.25, -0.2) is 0 Å². The number of likely N-dealkylation sites (N-methyl/N-ethyl adjacent to an activating group) is 1. The number of morpholine rings is 1. The number of benzene rings is 1. The number of carbonyl (C=O) groups excluding carboxylic acids is 1. The molecule has 5 heteroatoms. The topological polar surface area (TPSA) is 41.6 Å². The summed E-state index contributed by atoms with van der Waals surface area (Å²) in [6.45, 7) is 2.95. The third kappa shape index (κ3) is 4.89. The molecule has 110 valence electrons. The number of hydrogen-bond acceptors (Lipinski definition) is 3. The van der Waals surface area contributed by atoms with E-state index in [0.717, 1.165) is 30.6 Å². The first kappa shape index (κ1) is 15.5. The van der Waals surface area contributed by atoms with E-state index >= 15 is 0 Å². The third-order valence-electron chi connectivity index (χ3n) is 3.49. The molecule has 0 radical (unpaired) electrons. The Morgan fingerprint density at radius 2 is 2.20 bits per heavy atom. The minimum Gasteiger partial charge on any atom is -0.378 e. The average Bonchev–Trinajstić information content (AvgIpc) is 2.47. The molecule has 1 fully saturated rings. The molecule has 1 aliphatic rings. The first-order chi connectivity index (χ1) is 9.65. The molecule has 1 N–H and O–H groups in total. The predicted octanol–water partition coefficient (Wildman–Crippen LogP) is 1.83. The molecule has 4 nitrogen and oxygen atoms in total. The maximum absolute atomic E-state index is 12.1. The second kappa shape index (κ2) is 7.76. The van der Waals surface area contributed by atoms with Gasteiger partial charge in [0.2, 0.25) is 5.91 Å². The van der Waals surface area contributed by atoms with Gasteiger partial charge in [-0.3, -0.25) is 4.79 Å². The van der Waals surface area contributed by atoms with Crippen molar-refractivity contribution in [2.24, 2.45) is 0 Å². The van der Waals surface area contributed by atoms with Crippen LogP contribution in [0.2, 0.25) is 0 Å². The summed E-state index contributed by atoms with van der Waals surface area (Å²) in [4.78, 5) is 13.9. The van der Waals surface area contributed by atoms with E-state index in [1.165, 1.54) is 5.56 Å². The molecule has 2 rings (SSSR count). The molecular weight excluding hydrogens is 320 g/mol. The van der Waals surface area contributed by atoms with E-state index in [-0.39, 0.29) is 11.9 Å². The van der Waals surface area contributed by atoms with Gasteiger partial charge in [-0.2, -0.15) is 0 Å². The number of hydrogen-bond donors (Lipinski definition) is 1. The van der Waals surface area contributed by atoms with Crippen LogP contribution in [0.5, 0.6) is 0 Å². The Morgan fingerprint density at radius 1 is 1.45 bits per heavy atom. The number of ether oxygens (including phenoxy) is 1. The minimum atomic E-state index is 0.159. The van der Waals surface area contributed by atoms with E-state index in [1.807, 2.05) is 19.2 Å². The minimum absolute atomic E-state index is 0.159. The fourth-order valence-corrected chi connectivity index (χ4v) is 2.45. The van der Waals surface area contributed by atoms with Crippen molar-refractivity contribution in [3.8, 4) is 0 Å². The van der Waals surface area contributed by atoms with Gasteiger partial charge in [0, 0.05) is 37.1 Å². The van der Waals surface area contributed by atoms with Gasteiger partial charge in [0.05, 0.1) is 13.2 Å². The lowest BCUT2D eigenvalue weighted by Crippen LogP contribution is -2.44. The molecule has 1 aromatic carbocycles. The second-order valence-corrected chi connectivity index (χ2v) is 6.04. The summed E-state index contributed by atoms with van der Waals surface area (Å²) in [6.07, 6.45) is 1.39. The van der Waals surface area contributed by atoms with E-state index in [4.69, 9.17) is 4.74 Å². The van der Waals surface area contributed by atoms with Crippen LogP contribution in [-0.4, -0.2) is 50.2 Å². The highest BCUT2D eigenvalue weighted by Crippen LogP contribution is 2.11. The Hall–Kier alpha value is -0.910. The molecule has 1 aromatic rings. The van der Waals surface area contributed by atoms with Crippen LogP contribution in [0.3, 0.4) is 0 Å². The van der Waals surface area contributed by atoms with Crippen LogP contribution in [0.15, 0.2) is 28.7 Å². The molecule has 0 saturated carbocycles. The van der Waals surface area contributed by atoms with Crippen molar-refractivity contribution in [2.45, 2.75) is 18.9 Å². The van der Waals surface area contributed by atoms with Crippen LogP contribution in [0, 0.1) is 0 Å². The first-order valence-corrected chi connectivity index (χ1v) is 7.74. The summed E-state index contributed by atoms with van der Waals surface area (Å²) in [7, 11) is 1.87. The van der Waals surface area contributed by atoms with Gasteiger partial charge in [0.1, 0.15) is 0 Å². The van der Waals surface area contributed by atoms with E-state index in [2.05, 4.69) is 33.4 Å². The number of nitrogens with one attached hydrogen (secondary N) is 1. The molecule has 0 aromatic heterocycles. The van der Waals surface area contributed by atoms with Gasteiger partial charge in [0.15, 0.2) is 0 Å². The van der Waals surface area contributed by atoms with Crippen molar-refractivity contribution in [3.63, 3.8) is 0 Å². The molecule has 0 bridgehead atoms. The number of nitrogens with zero attached hydrogens (tertiary/aromatic N) is 1. The van der Waals surface area contributed by atoms with Crippen molar-refractivity contribution in [1.82, 2.24) is 10.2 Å². The highest BCUT2D eigenvalue weighted by molar-refractivity contribution is 9.10. The fraction of sp³-hybridized carbons (Fsp3) is 0.533. The van der Waals surface area contributed by atoms with Gasteiger partial charge in [-0.1, -0.05) is 28.1 Å². The van der Waals surface area contributed by atoms with Gasteiger partial charge >= 0.3 is 0 Å². The first-order valence-electron chi connectivity index (χ1n) is 6.94. The fourth-order valence-electron chi connectivity index (χ4n) is 2.19. The highest BCUT2D eigenvalue weighted by Gasteiger charge is 2.18. The lowest BCUT2D eigenvalue weighted by molar-refractivity contribution is -0.131. The lowest BCUT2D eigenvalue weighted by atomic mass is 10.1. The summed E-state index contributed by atoms with van der Waals surface area (Å²) in [5.41, 5.74) is 1.24. The number of amides is 1. The van der Waals surface area contributed by atoms with Crippen LogP contribution >= 0.6 is 15.9 Å². The molecular formula is C15H21BrN2O2. The van der Waals surface area contributed by atoms with E-state index < -0.39 is 0 Å². The molecule has 0 aliphatic carbocycles. The maximum Gasteiger partial charge on any atom is 0.223 e. The van der Waals surface area contributed by atoms with Crippen molar-refractivity contribution >= 4 is 21.8 Å². The summed E-state index contributed by atoms with van der Waals surface area (Å²) in [5.74, 6) is 0.171. The second-order valence-electron chi connectivity index (χ2n) is 5.12. The Kier molecular flexibility index (Phi) is 6.01. The van der Waals surface area contributed by atoms with Crippen molar-refractivity contribution in [1.29, 1.82) is 0 Å². The normalized spacial score (nSPS) is 18.8. The Bertz CT molecular complexity index is 430. The van der Waals surface area contributed by atoms with Crippen LogP contribution in [0.1, 0.15) is 12.0 Å². The summed E-state index contributed by atoms with van der Waals surface area (Å²) in [5, 5.41) is 3.31. The van der Waals surface area contributed by atoms with E-state index in [9.17, 15) is 4.79 Å². The molecule has 20 heavy (non-hydrogen) atoms. The summed E-state index contributed by atoms with van der Waals surface area (Å²) < 4.78 is 6.44. The van der Waals surface area contributed by atoms with Gasteiger partial charge in [-0.05, 0) is 24.1 Å². The molecule has 0 spiro atoms. The van der Waals surface area contributed by atoms with Crippen LogP contribution < -0.4 is 5.32 Å². The SMILES string of the molecule is CN(CCc1ccc(Br)cc1)C(=O)CC1COCCN1. The number of halogens is 1. The molecule has 1 heterocycles. The Balaban J connectivity index is 1.74. The van der Waals surface area contributed by atoms with E-state index in [1.54, 1.807) is 4.90 Å². The van der Waals surface area contributed by atoms with E-state index in [0.29, 0.717) is 13.0 Å². The maximum atomic E-state index is 12.1. The van der Waals surface area contributed by atoms with Gasteiger partial charge < -0.3 is 15.0 Å². The largest absolute Gasteiger partial charge is 0.378 e. The number of carbonyl (C=O) groups is 1. The molecule has 1 amide bonds. The van der Waals surface area contributed by atoms with Crippen LogP contribution in [-0.2, 0) is 16.0 Å². The smallest absolute Gasteiger partial charge is 0.223 e. The zero-order chi connectivity index (χ0) is 14.4. The Morgan fingerprint density at radius 3 is 2.85 bits per heavy atom. The van der Waals surface area contributed by atoms with Gasteiger partial charge in [0.25, 0.3) is 0 Å². The molecule has 1 saturated heterocycles. The zero-order valence-corrected chi connectivity index (χ0v) is 13.4. The summed E-state index contributed by atoms with van der Waals surface area (Å²) >= 11 is 3.42. The predicted molar refractivity (Wildman–Crippen MR) is 82.7 cm³/mol. The summed E-state index contributed by atoms with van der Waals surface area (Å²) in [6, 6.07) is 8.38. The standard InChI is InChI=1S/C15H21BrN2O2/c1-18(8-6-12-2-4-13(16)5-3-12)15(19)10-14-11-20-9-7-17-14/h2-5,14,17H,6-11H2,1H3. The number of rotatable bonds is 5. The molecule has 1 unspecified atom stereocenters. The molecule has 1 atom stereocenters. The monoisotopic (exact) mass is 340 g/mol. The zero-order valence-electron chi connectivity index (χ0n) is 11.8. The van der Waals surface area contributed by atoms with Crippen molar-refractivity contribution in [3.05, 3.63) is 34.3 Å². The van der Waals surface area contributed by atoms with Gasteiger partial charge in [-0.15, -0.1) is 0 Å². The molecule has 1 aliphatic heterocycles. The van der Waals surface area contributed by atoms with Crippen molar-refractivity contribution < 1.29 is 9.53 Å². The van der Waals surface area contributed by atoms with Crippen molar-refractivity contribution in [2.75, 3.05) is 33.4 Å². The van der Waals surface area contributed by atoms with Crippen LogP contribution in [0.25, 0.3) is 0 Å². The Labute approximate surface area is 128 Å². The quantitative estimate of drug-likeness (QED) is 0.889. The lowest BCUT2D eigenvalue weighted by Gasteiger charge is -2.25.